The van der Waals surface area contributed by atoms with Gasteiger partial charge in [0.05, 0.1) is 10.7 Å². The number of rotatable bonds is 7. The molecule has 1 heterocycles. The fourth-order valence-corrected chi connectivity index (χ4v) is 3.52. The molecule has 0 aliphatic rings. The van der Waals surface area contributed by atoms with E-state index >= 15 is 0 Å². The highest BCUT2D eigenvalue weighted by molar-refractivity contribution is 7.11. The third kappa shape index (κ3) is 4.50. The van der Waals surface area contributed by atoms with E-state index in [9.17, 15) is 4.39 Å². The van der Waals surface area contributed by atoms with Crippen LogP contribution in [-0.4, -0.2) is 11.5 Å². The van der Waals surface area contributed by atoms with E-state index in [4.69, 9.17) is 16.6 Å². The summed E-state index contributed by atoms with van der Waals surface area (Å²) >= 11 is 7.80. The zero-order valence-electron chi connectivity index (χ0n) is 12.4. The van der Waals surface area contributed by atoms with Crippen molar-refractivity contribution in [1.29, 1.82) is 0 Å². The Kier molecular flexibility index (Phi) is 6.15. The Morgan fingerprint density at radius 1 is 1.33 bits per heavy atom. The van der Waals surface area contributed by atoms with Crippen molar-refractivity contribution in [3.05, 3.63) is 50.2 Å². The SMILES string of the molecule is CCCNCc1sc(Cc2ccc(F)cc2Cl)nc1CC. The number of benzene rings is 1. The first kappa shape index (κ1) is 16.4. The smallest absolute Gasteiger partial charge is 0.124 e. The van der Waals surface area contributed by atoms with E-state index in [0.29, 0.717) is 11.4 Å². The molecule has 0 aliphatic carbocycles. The van der Waals surface area contributed by atoms with Crippen molar-refractivity contribution in [3.63, 3.8) is 0 Å². The second-order valence-electron chi connectivity index (χ2n) is 4.92. The Bertz CT molecular complexity index is 598. The average molecular weight is 327 g/mol. The van der Waals surface area contributed by atoms with Crippen molar-refractivity contribution in [2.75, 3.05) is 6.54 Å². The molecule has 5 heteroatoms. The van der Waals surface area contributed by atoms with Crippen LogP contribution in [0.15, 0.2) is 18.2 Å². The van der Waals surface area contributed by atoms with E-state index in [0.717, 1.165) is 42.2 Å². The minimum absolute atomic E-state index is 0.304. The Balaban J connectivity index is 2.12. The summed E-state index contributed by atoms with van der Waals surface area (Å²) in [6, 6.07) is 4.54. The number of nitrogens with one attached hydrogen (secondary N) is 1. The number of halogens is 2. The van der Waals surface area contributed by atoms with Gasteiger partial charge in [-0.15, -0.1) is 11.3 Å². The number of nitrogens with zero attached hydrogens (tertiary/aromatic N) is 1. The van der Waals surface area contributed by atoms with E-state index in [-0.39, 0.29) is 5.82 Å². The molecule has 1 aromatic heterocycles. The lowest BCUT2D eigenvalue weighted by Gasteiger charge is -2.01. The van der Waals surface area contributed by atoms with Gasteiger partial charge in [0.15, 0.2) is 0 Å². The second kappa shape index (κ2) is 7.87. The summed E-state index contributed by atoms with van der Waals surface area (Å²) in [7, 11) is 0. The van der Waals surface area contributed by atoms with Gasteiger partial charge in [0.2, 0.25) is 0 Å². The van der Waals surface area contributed by atoms with Gasteiger partial charge in [-0.25, -0.2) is 9.37 Å². The van der Waals surface area contributed by atoms with Gasteiger partial charge in [-0.2, -0.15) is 0 Å². The Morgan fingerprint density at radius 2 is 2.14 bits per heavy atom. The quantitative estimate of drug-likeness (QED) is 0.753. The van der Waals surface area contributed by atoms with Crippen LogP contribution in [0, 0.1) is 5.82 Å². The zero-order valence-corrected chi connectivity index (χ0v) is 14.0. The Morgan fingerprint density at radius 3 is 2.81 bits per heavy atom. The molecule has 21 heavy (non-hydrogen) atoms. The topological polar surface area (TPSA) is 24.9 Å². The van der Waals surface area contributed by atoms with Crippen LogP contribution >= 0.6 is 22.9 Å². The average Bonchev–Trinajstić information content (AvgIpc) is 2.84. The third-order valence-electron chi connectivity index (χ3n) is 3.23. The summed E-state index contributed by atoms with van der Waals surface area (Å²) in [5.74, 6) is -0.304. The van der Waals surface area contributed by atoms with Gasteiger partial charge in [0.1, 0.15) is 5.82 Å². The maximum atomic E-state index is 13.1. The Labute approximate surface area is 134 Å². The number of thiazole rings is 1. The molecule has 0 fully saturated rings. The maximum absolute atomic E-state index is 13.1. The van der Waals surface area contributed by atoms with Gasteiger partial charge in [-0.1, -0.05) is 31.5 Å². The highest BCUT2D eigenvalue weighted by atomic mass is 35.5. The number of hydrogen-bond acceptors (Lipinski definition) is 3. The molecule has 2 aromatic rings. The molecule has 0 saturated carbocycles. The summed E-state index contributed by atoms with van der Waals surface area (Å²) < 4.78 is 13.1. The van der Waals surface area contributed by atoms with Gasteiger partial charge in [-0.3, -0.25) is 0 Å². The lowest BCUT2D eigenvalue weighted by molar-refractivity contribution is 0.627. The van der Waals surface area contributed by atoms with Gasteiger partial charge in [0.25, 0.3) is 0 Å². The van der Waals surface area contributed by atoms with Crippen molar-refractivity contribution < 1.29 is 4.39 Å². The highest BCUT2D eigenvalue weighted by Gasteiger charge is 2.11. The second-order valence-corrected chi connectivity index (χ2v) is 6.50. The van der Waals surface area contributed by atoms with Gasteiger partial charge >= 0.3 is 0 Å². The molecule has 2 nitrogen and oxygen atoms in total. The molecule has 0 amide bonds. The lowest BCUT2D eigenvalue weighted by Crippen LogP contribution is -2.13. The van der Waals surface area contributed by atoms with Crippen LogP contribution in [0.3, 0.4) is 0 Å². The van der Waals surface area contributed by atoms with Crippen molar-refractivity contribution in [3.8, 4) is 0 Å². The fourth-order valence-electron chi connectivity index (χ4n) is 2.13. The standard InChI is InChI=1S/C16H20ClFN2S/c1-3-7-19-10-15-14(4-2)20-16(21-15)8-11-5-6-12(18)9-13(11)17/h5-6,9,19H,3-4,7-8,10H2,1-2H3. The van der Waals surface area contributed by atoms with Gasteiger partial charge in [0, 0.05) is 22.9 Å². The maximum Gasteiger partial charge on any atom is 0.124 e. The first-order valence-corrected chi connectivity index (χ1v) is 8.45. The van der Waals surface area contributed by atoms with E-state index in [2.05, 4.69) is 19.2 Å². The molecule has 1 aromatic carbocycles. The number of aromatic nitrogens is 1. The Hall–Kier alpha value is -0.970. The van der Waals surface area contributed by atoms with E-state index in [1.165, 1.54) is 17.0 Å². The third-order valence-corrected chi connectivity index (χ3v) is 4.68. The summed E-state index contributed by atoms with van der Waals surface area (Å²) in [6.07, 6.45) is 2.71. The predicted octanol–water partition coefficient (Wildman–Crippen LogP) is 4.59. The van der Waals surface area contributed by atoms with Crippen LogP contribution in [0.4, 0.5) is 4.39 Å². The monoisotopic (exact) mass is 326 g/mol. The summed E-state index contributed by atoms with van der Waals surface area (Å²) in [5.41, 5.74) is 2.07. The lowest BCUT2D eigenvalue weighted by atomic mass is 10.1. The van der Waals surface area contributed by atoms with Crippen molar-refractivity contribution in [2.45, 2.75) is 39.7 Å². The van der Waals surface area contributed by atoms with Crippen LogP contribution in [0.25, 0.3) is 0 Å². The highest BCUT2D eigenvalue weighted by Crippen LogP contribution is 2.25. The van der Waals surface area contributed by atoms with E-state index in [1.54, 1.807) is 17.4 Å². The van der Waals surface area contributed by atoms with Gasteiger partial charge < -0.3 is 5.32 Å². The van der Waals surface area contributed by atoms with Crippen LogP contribution in [0.1, 0.15) is 41.4 Å². The first-order valence-electron chi connectivity index (χ1n) is 7.26. The molecule has 2 rings (SSSR count). The summed E-state index contributed by atoms with van der Waals surface area (Å²) in [4.78, 5) is 5.98. The molecule has 0 unspecified atom stereocenters. The molecule has 0 radical (unpaired) electrons. The fraction of sp³-hybridized carbons (Fsp3) is 0.438. The van der Waals surface area contributed by atoms with Crippen LogP contribution < -0.4 is 5.32 Å². The van der Waals surface area contributed by atoms with Gasteiger partial charge in [-0.05, 0) is 37.1 Å². The molecule has 0 saturated heterocycles. The minimum atomic E-state index is -0.304. The van der Waals surface area contributed by atoms with Crippen LogP contribution in [0.2, 0.25) is 5.02 Å². The molecular weight excluding hydrogens is 307 g/mol. The molecule has 0 aliphatic heterocycles. The molecular formula is C16H20ClFN2S. The summed E-state index contributed by atoms with van der Waals surface area (Å²) in [5, 5.41) is 4.92. The molecule has 0 bridgehead atoms. The minimum Gasteiger partial charge on any atom is -0.312 e. The number of hydrogen-bond donors (Lipinski definition) is 1. The summed E-state index contributed by atoms with van der Waals surface area (Å²) in [6.45, 7) is 6.15. The zero-order chi connectivity index (χ0) is 15.2. The first-order chi connectivity index (χ1) is 10.1. The largest absolute Gasteiger partial charge is 0.312 e. The van der Waals surface area contributed by atoms with Crippen LogP contribution in [-0.2, 0) is 19.4 Å². The normalized spacial score (nSPS) is 11.0. The van der Waals surface area contributed by atoms with Crippen LogP contribution in [0.5, 0.6) is 0 Å². The van der Waals surface area contributed by atoms with E-state index in [1.807, 2.05) is 0 Å². The number of aryl methyl sites for hydroxylation is 1. The molecule has 0 spiro atoms. The molecule has 1 N–H and O–H groups in total. The van der Waals surface area contributed by atoms with E-state index < -0.39 is 0 Å². The van der Waals surface area contributed by atoms with Crippen molar-refractivity contribution >= 4 is 22.9 Å². The van der Waals surface area contributed by atoms with Crippen molar-refractivity contribution in [2.24, 2.45) is 0 Å². The van der Waals surface area contributed by atoms with Crippen molar-refractivity contribution in [1.82, 2.24) is 10.3 Å². The predicted molar refractivity (Wildman–Crippen MR) is 87.7 cm³/mol. The molecule has 114 valence electrons. The molecule has 0 atom stereocenters.